The first-order valence-corrected chi connectivity index (χ1v) is 7.94. The minimum atomic E-state index is 0.656. The summed E-state index contributed by atoms with van der Waals surface area (Å²) in [6.45, 7) is 1.66. The van der Waals surface area contributed by atoms with Crippen LogP contribution < -0.4 is 10.6 Å². The summed E-state index contributed by atoms with van der Waals surface area (Å²) in [5.41, 5.74) is 8.01. The third-order valence-electron chi connectivity index (χ3n) is 3.19. The molecule has 0 atom stereocenters. The molecule has 0 radical (unpaired) electrons. The van der Waals surface area contributed by atoms with Crippen molar-refractivity contribution in [3.63, 3.8) is 0 Å². The highest BCUT2D eigenvalue weighted by atomic mass is 32.2. The molecular formula is C15H21N3S. The zero-order valence-corrected chi connectivity index (χ0v) is 12.4. The van der Waals surface area contributed by atoms with Crippen LogP contribution in [0.1, 0.15) is 5.56 Å². The van der Waals surface area contributed by atoms with Gasteiger partial charge in [0.1, 0.15) is 5.82 Å². The Kier molecular flexibility index (Phi) is 5.05. The average Bonchev–Trinajstić information content (AvgIpc) is 2.44. The van der Waals surface area contributed by atoms with Gasteiger partial charge in [-0.25, -0.2) is 4.98 Å². The van der Waals surface area contributed by atoms with E-state index < -0.39 is 0 Å². The molecule has 4 heteroatoms. The summed E-state index contributed by atoms with van der Waals surface area (Å²) in [6.07, 6.45) is 3.00. The van der Waals surface area contributed by atoms with E-state index in [1.807, 2.05) is 23.9 Å². The van der Waals surface area contributed by atoms with Gasteiger partial charge in [0.25, 0.3) is 0 Å². The van der Waals surface area contributed by atoms with Crippen LogP contribution >= 0.6 is 11.8 Å². The molecule has 0 aliphatic rings. The Bertz CT molecular complexity index is 542. The first-order valence-electron chi connectivity index (χ1n) is 6.55. The van der Waals surface area contributed by atoms with Crippen LogP contribution in [0.25, 0.3) is 10.9 Å². The predicted octanol–water partition coefficient (Wildman–Crippen LogP) is 2.54. The first kappa shape index (κ1) is 14.2. The Morgan fingerprint density at radius 2 is 2.11 bits per heavy atom. The summed E-state index contributed by atoms with van der Waals surface area (Å²) < 4.78 is 0. The maximum absolute atomic E-state index is 5.72. The lowest BCUT2D eigenvalue weighted by Crippen LogP contribution is -2.23. The molecule has 0 unspecified atom stereocenters. The second-order valence-electron chi connectivity index (χ2n) is 4.62. The van der Waals surface area contributed by atoms with Crippen LogP contribution in [0.15, 0.2) is 30.3 Å². The second kappa shape index (κ2) is 6.78. The molecule has 19 heavy (non-hydrogen) atoms. The van der Waals surface area contributed by atoms with Crippen molar-refractivity contribution in [2.45, 2.75) is 6.42 Å². The molecule has 1 aromatic heterocycles. The number of para-hydroxylation sites is 1. The lowest BCUT2D eigenvalue weighted by Gasteiger charge is -2.21. The molecule has 2 N–H and O–H groups in total. The third kappa shape index (κ3) is 3.39. The number of benzene rings is 1. The van der Waals surface area contributed by atoms with Crippen LogP contribution in [0, 0.1) is 0 Å². The molecule has 1 aromatic carbocycles. The number of nitrogens with two attached hydrogens (primary N) is 1. The molecule has 0 aliphatic carbocycles. The zero-order valence-electron chi connectivity index (χ0n) is 11.6. The molecule has 102 valence electrons. The van der Waals surface area contributed by atoms with Gasteiger partial charge in [-0.1, -0.05) is 18.2 Å². The van der Waals surface area contributed by atoms with Crippen LogP contribution in [0.2, 0.25) is 0 Å². The third-order valence-corrected chi connectivity index (χ3v) is 3.78. The van der Waals surface area contributed by atoms with E-state index in [1.165, 1.54) is 10.9 Å². The van der Waals surface area contributed by atoms with Gasteiger partial charge >= 0.3 is 0 Å². The largest absolute Gasteiger partial charge is 0.359 e. The van der Waals surface area contributed by atoms with Gasteiger partial charge in [-0.15, -0.1) is 0 Å². The number of hydrogen-bond acceptors (Lipinski definition) is 4. The maximum Gasteiger partial charge on any atom is 0.132 e. The fourth-order valence-corrected chi connectivity index (χ4v) is 2.61. The Morgan fingerprint density at radius 1 is 1.32 bits per heavy atom. The van der Waals surface area contributed by atoms with Gasteiger partial charge in [0.05, 0.1) is 5.52 Å². The molecule has 0 amide bonds. The lowest BCUT2D eigenvalue weighted by atomic mass is 10.1. The van der Waals surface area contributed by atoms with Crippen molar-refractivity contribution in [1.29, 1.82) is 0 Å². The normalized spacial score (nSPS) is 10.9. The summed E-state index contributed by atoms with van der Waals surface area (Å²) in [7, 11) is 2.10. The van der Waals surface area contributed by atoms with Crippen molar-refractivity contribution in [3.05, 3.63) is 35.9 Å². The number of pyridine rings is 1. The van der Waals surface area contributed by atoms with Crippen LogP contribution in [0.3, 0.4) is 0 Å². The van der Waals surface area contributed by atoms with Crippen molar-refractivity contribution < 1.29 is 0 Å². The predicted molar refractivity (Wildman–Crippen MR) is 86.2 cm³/mol. The van der Waals surface area contributed by atoms with Crippen molar-refractivity contribution in [3.8, 4) is 0 Å². The smallest absolute Gasteiger partial charge is 0.132 e. The van der Waals surface area contributed by atoms with Gasteiger partial charge in [0.2, 0.25) is 0 Å². The van der Waals surface area contributed by atoms with Crippen molar-refractivity contribution >= 4 is 28.5 Å². The second-order valence-corrected chi connectivity index (χ2v) is 5.60. The van der Waals surface area contributed by atoms with Gasteiger partial charge in [-0.05, 0) is 36.9 Å². The van der Waals surface area contributed by atoms with Gasteiger partial charge in [0, 0.05) is 24.7 Å². The number of hydrogen-bond donors (Lipinski definition) is 1. The van der Waals surface area contributed by atoms with E-state index >= 15 is 0 Å². The maximum atomic E-state index is 5.72. The van der Waals surface area contributed by atoms with E-state index in [2.05, 4.69) is 36.4 Å². The quantitative estimate of drug-likeness (QED) is 0.879. The highest BCUT2D eigenvalue weighted by Crippen LogP contribution is 2.23. The molecule has 2 rings (SSSR count). The number of rotatable bonds is 6. The van der Waals surface area contributed by atoms with Crippen molar-refractivity contribution in [2.24, 2.45) is 5.73 Å². The number of thioether (sulfide) groups is 1. The molecule has 2 aromatic rings. The molecule has 0 bridgehead atoms. The number of aromatic nitrogens is 1. The van der Waals surface area contributed by atoms with Gasteiger partial charge in [-0.3, -0.25) is 0 Å². The molecule has 3 nitrogen and oxygen atoms in total. The van der Waals surface area contributed by atoms with E-state index in [1.54, 1.807) is 0 Å². The summed E-state index contributed by atoms with van der Waals surface area (Å²) >= 11 is 1.85. The topological polar surface area (TPSA) is 42.2 Å². The van der Waals surface area contributed by atoms with Gasteiger partial charge in [-0.2, -0.15) is 11.8 Å². The van der Waals surface area contributed by atoms with Crippen LogP contribution in [0.4, 0.5) is 5.82 Å². The van der Waals surface area contributed by atoms with Crippen molar-refractivity contribution in [1.82, 2.24) is 4.98 Å². The molecular weight excluding hydrogens is 254 g/mol. The zero-order chi connectivity index (χ0) is 13.7. The molecule has 0 saturated carbocycles. The lowest BCUT2D eigenvalue weighted by molar-refractivity contribution is 0.904. The SMILES string of the molecule is CSCCN(C)c1nc2ccccc2cc1CCN. The molecule has 0 saturated heterocycles. The Morgan fingerprint density at radius 3 is 2.84 bits per heavy atom. The number of anilines is 1. The minimum Gasteiger partial charge on any atom is -0.359 e. The first-order chi connectivity index (χ1) is 9.26. The fourth-order valence-electron chi connectivity index (χ4n) is 2.15. The van der Waals surface area contributed by atoms with E-state index in [-0.39, 0.29) is 0 Å². The van der Waals surface area contributed by atoms with Gasteiger partial charge in [0.15, 0.2) is 0 Å². The monoisotopic (exact) mass is 275 g/mol. The number of nitrogens with zero attached hydrogens (tertiary/aromatic N) is 2. The van der Waals surface area contributed by atoms with E-state index in [9.17, 15) is 0 Å². The fraction of sp³-hybridized carbons (Fsp3) is 0.400. The highest BCUT2D eigenvalue weighted by Gasteiger charge is 2.10. The van der Waals surface area contributed by atoms with Crippen LogP contribution in [0.5, 0.6) is 0 Å². The van der Waals surface area contributed by atoms with Crippen LogP contribution in [-0.4, -0.2) is 37.1 Å². The highest BCUT2D eigenvalue weighted by molar-refractivity contribution is 7.98. The standard InChI is InChI=1S/C15H21N3S/c1-18(9-10-19-2)15-13(7-8-16)11-12-5-3-4-6-14(12)17-15/h3-6,11H,7-10,16H2,1-2H3. The van der Waals surface area contributed by atoms with E-state index in [0.29, 0.717) is 6.54 Å². The summed E-state index contributed by atoms with van der Waals surface area (Å²) in [5.74, 6) is 2.17. The summed E-state index contributed by atoms with van der Waals surface area (Å²) in [5, 5.41) is 1.19. The van der Waals surface area contributed by atoms with E-state index in [0.717, 1.165) is 30.1 Å². The summed E-state index contributed by atoms with van der Waals surface area (Å²) in [4.78, 5) is 7.04. The Balaban J connectivity index is 2.40. The molecule has 0 fully saturated rings. The van der Waals surface area contributed by atoms with Gasteiger partial charge < -0.3 is 10.6 Å². The van der Waals surface area contributed by atoms with Crippen LogP contribution in [-0.2, 0) is 6.42 Å². The molecule has 0 spiro atoms. The average molecular weight is 275 g/mol. The molecule has 0 aliphatic heterocycles. The van der Waals surface area contributed by atoms with E-state index in [4.69, 9.17) is 10.7 Å². The minimum absolute atomic E-state index is 0.656. The number of fused-ring (bicyclic) bond motifs is 1. The Labute approximate surface area is 119 Å². The molecule has 1 heterocycles. The summed E-state index contributed by atoms with van der Waals surface area (Å²) in [6, 6.07) is 10.5. The van der Waals surface area contributed by atoms with Crippen molar-refractivity contribution in [2.75, 3.05) is 37.0 Å². The Hall–Kier alpha value is -1.26.